The van der Waals surface area contributed by atoms with Crippen molar-refractivity contribution in [1.29, 1.82) is 0 Å². The minimum atomic E-state index is -0.157. The van der Waals surface area contributed by atoms with E-state index in [1.54, 1.807) is 4.90 Å². The van der Waals surface area contributed by atoms with Crippen molar-refractivity contribution in [2.24, 2.45) is 5.92 Å². The van der Waals surface area contributed by atoms with E-state index in [1.807, 2.05) is 23.1 Å². The first-order valence-electron chi connectivity index (χ1n) is 9.72. The molecule has 1 atom stereocenters. The minimum absolute atomic E-state index is 0.0646. The van der Waals surface area contributed by atoms with E-state index in [4.69, 9.17) is 0 Å². The Morgan fingerprint density at radius 2 is 1.67 bits per heavy atom. The van der Waals surface area contributed by atoms with Crippen molar-refractivity contribution in [3.63, 3.8) is 0 Å². The van der Waals surface area contributed by atoms with Gasteiger partial charge in [0.15, 0.2) is 0 Å². The summed E-state index contributed by atoms with van der Waals surface area (Å²) >= 11 is 0. The third-order valence-corrected chi connectivity index (χ3v) is 5.79. The fraction of sp³-hybridized carbons (Fsp3) is 0.500. The van der Waals surface area contributed by atoms with Gasteiger partial charge < -0.3 is 9.80 Å². The standard InChI is InChI=1S/C20H25N5O2/c26-19(17(16-8-4-5-9-16)15-6-2-1-3-7-15)24-10-12-25(13-11-24)20(27)18-21-14-22-23-18/h1-3,6-7,14,16-17H,4-5,8-13H2,(H,21,22,23). The number of nitrogens with one attached hydrogen (secondary N) is 1. The maximum Gasteiger partial charge on any atom is 0.291 e. The van der Waals surface area contributed by atoms with Gasteiger partial charge in [-0.3, -0.25) is 14.7 Å². The number of aromatic nitrogens is 3. The summed E-state index contributed by atoms with van der Waals surface area (Å²) < 4.78 is 0. The Balaban J connectivity index is 1.44. The Bertz CT molecular complexity index is 763. The highest BCUT2D eigenvalue weighted by Gasteiger charge is 2.36. The van der Waals surface area contributed by atoms with Crippen LogP contribution in [0.5, 0.6) is 0 Å². The van der Waals surface area contributed by atoms with Gasteiger partial charge in [-0.05, 0) is 24.3 Å². The minimum Gasteiger partial charge on any atom is -0.339 e. The van der Waals surface area contributed by atoms with Gasteiger partial charge in [-0.25, -0.2) is 4.98 Å². The van der Waals surface area contributed by atoms with Crippen LogP contribution in [-0.2, 0) is 4.79 Å². The second-order valence-corrected chi connectivity index (χ2v) is 7.38. The average molecular weight is 367 g/mol. The molecule has 1 aromatic carbocycles. The van der Waals surface area contributed by atoms with Crippen LogP contribution in [0, 0.1) is 5.92 Å². The Morgan fingerprint density at radius 3 is 2.30 bits per heavy atom. The average Bonchev–Trinajstić information content (AvgIpc) is 3.43. The maximum atomic E-state index is 13.4. The van der Waals surface area contributed by atoms with Crippen molar-refractivity contribution >= 4 is 11.8 Å². The topological polar surface area (TPSA) is 82.2 Å². The van der Waals surface area contributed by atoms with Gasteiger partial charge in [0, 0.05) is 26.2 Å². The van der Waals surface area contributed by atoms with Gasteiger partial charge in [-0.15, -0.1) is 0 Å². The fourth-order valence-electron chi connectivity index (χ4n) is 4.35. The van der Waals surface area contributed by atoms with Crippen LogP contribution in [0.15, 0.2) is 36.7 Å². The molecular formula is C20H25N5O2. The van der Waals surface area contributed by atoms with Gasteiger partial charge in [0.1, 0.15) is 6.33 Å². The number of amides is 2. The molecule has 0 bridgehead atoms. The van der Waals surface area contributed by atoms with E-state index >= 15 is 0 Å². The first-order valence-corrected chi connectivity index (χ1v) is 9.72. The number of hydrogen-bond acceptors (Lipinski definition) is 4. The SMILES string of the molecule is O=C(c1ncn[nH]1)N1CCN(C(=O)C(c2ccccc2)C2CCCC2)CC1. The summed E-state index contributed by atoms with van der Waals surface area (Å²) in [5.41, 5.74) is 1.12. The molecule has 7 nitrogen and oxygen atoms in total. The summed E-state index contributed by atoms with van der Waals surface area (Å²) in [6, 6.07) is 10.2. The number of aromatic amines is 1. The molecule has 1 saturated heterocycles. The third kappa shape index (κ3) is 3.72. The summed E-state index contributed by atoms with van der Waals surface area (Å²) in [5, 5.41) is 6.35. The van der Waals surface area contributed by atoms with Crippen molar-refractivity contribution in [2.45, 2.75) is 31.6 Å². The summed E-state index contributed by atoms with van der Waals surface area (Å²) in [5.74, 6) is 0.664. The zero-order chi connectivity index (χ0) is 18.6. The van der Waals surface area contributed by atoms with Crippen molar-refractivity contribution < 1.29 is 9.59 Å². The molecular weight excluding hydrogens is 342 g/mol. The lowest BCUT2D eigenvalue weighted by Crippen LogP contribution is -2.52. The lowest BCUT2D eigenvalue weighted by atomic mass is 9.83. The van der Waals surface area contributed by atoms with Crippen LogP contribution >= 0.6 is 0 Å². The molecule has 1 N–H and O–H groups in total. The molecule has 1 aliphatic carbocycles. The Labute approximate surface area is 158 Å². The highest BCUT2D eigenvalue weighted by atomic mass is 16.2. The quantitative estimate of drug-likeness (QED) is 0.897. The van der Waals surface area contributed by atoms with Crippen LogP contribution in [0.25, 0.3) is 0 Å². The number of H-pyrrole nitrogens is 1. The summed E-state index contributed by atoms with van der Waals surface area (Å²) in [7, 11) is 0. The number of hydrogen-bond donors (Lipinski definition) is 1. The molecule has 1 unspecified atom stereocenters. The number of carbonyl (C=O) groups is 2. The molecule has 7 heteroatoms. The van der Waals surface area contributed by atoms with Gasteiger partial charge in [-0.1, -0.05) is 43.2 Å². The van der Waals surface area contributed by atoms with E-state index in [2.05, 4.69) is 27.3 Å². The predicted molar refractivity (Wildman–Crippen MR) is 100 cm³/mol. The van der Waals surface area contributed by atoms with E-state index in [9.17, 15) is 9.59 Å². The van der Waals surface area contributed by atoms with E-state index in [0.717, 1.165) is 18.4 Å². The summed E-state index contributed by atoms with van der Waals surface area (Å²) in [6.45, 7) is 2.18. The molecule has 1 saturated carbocycles. The molecule has 27 heavy (non-hydrogen) atoms. The van der Waals surface area contributed by atoms with Gasteiger partial charge in [0.05, 0.1) is 5.92 Å². The van der Waals surface area contributed by atoms with E-state index in [1.165, 1.54) is 19.2 Å². The van der Waals surface area contributed by atoms with Crippen molar-refractivity contribution in [1.82, 2.24) is 25.0 Å². The van der Waals surface area contributed by atoms with E-state index in [0.29, 0.717) is 32.1 Å². The molecule has 2 fully saturated rings. The molecule has 1 aliphatic heterocycles. The van der Waals surface area contributed by atoms with Gasteiger partial charge in [0.25, 0.3) is 5.91 Å². The number of carbonyl (C=O) groups excluding carboxylic acids is 2. The zero-order valence-corrected chi connectivity index (χ0v) is 15.4. The molecule has 4 rings (SSSR count). The third-order valence-electron chi connectivity index (χ3n) is 5.79. The Morgan fingerprint density at radius 1 is 1.00 bits per heavy atom. The fourth-order valence-corrected chi connectivity index (χ4v) is 4.35. The number of benzene rings is 1. The number of nitrogens with zero attached hydrogens (tertiary/aromatic N) is 4. The molecule has 2 heterocycles. The van der Waals surface area contributed by atoms with Crippen molar-refractivity contribution in [3.8, 4) is 0 Å². The van der Waals surface area contributed by atoms with Gasteiger partial charge in [-0.2, -0.15) is 5.10 Å². The van der Waals surface area contributed by atoms with Crippen LogP contribution in [0.2, 0.25) is 0 Å². The van der Waals surface area contributed by atoms with Gasteiger partial charge in [0.2, 0.25) is 11.7 Å². The molecule has 1 aromatic heterocycles. The lowest BCUT2D eigenvalue weighted by molar-refractivity contribution is -0.135. The monoisotopic (exact) mass is 367 g/mol. The molecule has 142 valence electrons. The highest BCUT2D eigenvalue weighted by Crippen LogP contribution is 2.38. The zero-order valence-electron chi connectivity index (χ0n) is 15.4. The molecule has 0 radical (unpaired) electrons. The predicted octanol–water partition coefficient (Wildman–Crippen LogP) is 2.06. The lowest BCUT2D eigenvalue weighted by Gasteiger charge is -2.37. The second-order valence-electron chi connectivity index (χ2n) is 7.38. The summed E-state index contributed by atoms with van der Waals surface area (Å²) in [4.78, 5) is 33.4. The van der Waals surface area contributed by atoms with Crippen LogP contribution in [0.1, 0.15) is 47.8 Å². The molecule has 2 amide bonds. The van der Waals surface area contributed by atoms with Crippen molar-refractivity contribution in [2.75, 3.05) is 26.2 Å². The second kappa shape index (κ2) is 7.90. The van der Waals surface area contributed by atoms with Crippen molar-refractivity contribution in [3.05, 3.63) is 48.0 Å². The highest BCUT2D eigenvalue weighted by molar-refractivity contribution is 5.90. The van der Waals surface area contributed by atoms with Crippen LogP contribution < -0.4 is 0 Å². The van der Waals surface area contributed by atoms with E-state index in [-0.39, 0.29) is 23.6 Å². The largest absolute Gasteiger partial charge is 0.339 e. The molecule has 0 spiro atoms. The van der Waals surface area contributed by atoms with Crippen LogP contribution in [0.4, 0.5) is 0 Å². The molecule has 2 aromatic rings. The normalized spacial score (nSPS) is 19.3. The van der Waals surface area contributed by atoms with E-state index < -0.39 is 0 Å². The van der Waals surface area contributed by atoms with Crippen LogP contribution in [-0.4, -0.2) is 63.0 Å². The Hall–Kier alpha value is -2.70. The first-order chi connectivity index (χ1) is 13.2. The number of piperazine rings is 1. The molecule has 2 aliphatic rings. The van der Waals surface area contributed by atoms with Gasteiger partial charge >= 0.3 is 0 Å². The smallest absolute Gasteiger partial charge is 0.291 e. The van der Waals surface area contributed by atoms with Crippen LogP contribution in [0.3, 0.4) is 0 Å². The maximum absolute atomic E-state index is 13.4. The number of rotatable bonds is 4. The summed E-state index contributed by atoms with van der Waals surface area (Å²) in [6.07, 6.45) is 5.99. The Kier molecular flexibility index (Phi) is 5.18. The first kappa shape index (κ1) is 17.7.